The van der Waals surface area contributed by atoms with Gasteiger partial charge in [0.1, 0.15) is 0 Å². The van der Waals surface area contributed by atoms with Crippen LogP contribution in [0.5, 0.6) is 0 Å². The van der Waals surface area contributed by atoms with Crippen molar-refractivity contribution in [1.82, 2.24) is 9.78 Å². The molecule has 2 aromatic rings. The number of Topliss-reactive ketones (excluding diaryl/α,β-unsaturated/α-hetero) is 1. The van der Waals surface area contributed by atoms with Crippen molar-refractivity contribution in [2.75, 3.05) is 0 Å². The second-order valence-electron chi connectivity index (χ2n) is 4.44. The third-order valence-corrected chi connectivity index (χ3v) is 2.82. The molecule has 0 unspecified atom stereocenters. The van der Waals surface area contributed by atoms with E-state index >= 15 is 0 Å². The molecule has 0 aliphatic heterocycles. The van der Waals surface area contributed by atoms with Crippen LogP contribution in [0.3, 0.4) is 0 Å². The number of aryl methyl sites for hydroxylation is 3. The molecule has 17 heavy (non-hydrogen) atoms. The van der Waals surface area contributed by atoms with Crippen LogP contribution in [0.15, 0.2) is 30.6 Å². The molecule has 0 fully saturated rings. The highest BCUT2D eigenvalue weighted by Crippen LogP contribution is 2.13. The van der Waals surface area contributed by atoms with Gasteiger partial charge in [-0.25, -0.2) is 0 Å². The van der Waals surface area contributed by atoms with E-state index in [1.165, 1.54) is 0 Å². The van der Waals surface area contributed by atoms with Crippen LogP contribution in [0.2, 0.25) is 0 Å². The minimum Gasteiger partial charge on any atom is -0.294 e. The first-order chi connectivity index (χ1) is 8.06. The number of hydrogen-bond acceptors (Lipinski definition) is 2. The summed E-state index contributed by atoms with van der Waals surface area (Å²) in [7, 11) is 1.85. The van der Waals surface area contributed by atoms with Gasteiger partial charge in [-0.3, -0.25) is 9.48 Å². The highest BCUT2D eigenvalue weighted by Gasteiger charge is 2.11. The maximum absolute atomic E-state index is 12.2. The fraction of sp³-hybridized carbons (Fsp3) is 0.286. The number of nitrogens with zero attached hydrogens (tertiary/aromatic N) is 2. The number of hydrogen-bond donors (Lipinski definition) is 0. The van der Waals surface area contributed by atoms with E-state index in [0.29, 0.717) is 6.42 Å². The SMILES string of the molecule is Cc1ccc(C)c(C(=O)Cc2cnn(C)c2)c1. The molecule has 3 heteroatoms. The number of aromatic nitrogens is 2. The summed E-state index contributed by atoms with van der Waals surface area (Å²) in [5.41, 5.74) is 3.92. The largest absolute Gasteiger partial charge is 0.294 e. The van der Waals surface area contributed by atoms with Gasteiger partial charge in [0.2, 0.25) is 0 Å². The van der Waals surface area contributed by atoms with Gasteiger partial charge in [0.25, 0.3) is 0 Å². The summed E-state index contributed by atoms with van der Waals surface area (Å²) >= 11 is 0. The molecule has 1 aromatic carbocycles. The molecule has 1 aromatic heterocycles. The zero-order chi connectivity index (χ0) is 12.4. The van der Waals surface area contributed by atoms with E-state index in [-0.39, 0.29) is 5.78 Å². The van der Waals surface area contributed by atoms with E-state index in [2.05, 4.69) is 5.10 Å². The minimum absolute atomic E-state index is 0.152. The number of ketones is 1. The Morgan fingerprint density at radius 2 is 2.12 bits per heavy atom. The normalized spacial score (nSPS) is 10.5. The van der Waals surface area contributed by atoms with E-state index in [4.69, 9.17) is 0 Å². The molecule has 0 spiro atoms. The Hall–Kier alpha value is -1.90. The molecule has 0 N–H and O–H groups in total. The molecule has 3 nitrogen and oxygen atoms in total. The number of benzene rings is 1. The fourth-order valence-electron chi connectivity index (χ4n) is 1.88. The Kier molecular flexibility index (Phi) is 3.09. The van der Waals surface area contributed by atoms with E-state index in [1.54, 1.807) is 10.9 Å². The lowest BCUT2D eigenvalue weighted by atomic mass is 9.99. The molecule has 0 amide bonds. The van der Waals surface area contributed by atoms with Crippen molar-refractivity contribution in [1.29, 1.82) is 0 Å². The highest BCUT2D eigenvalue weighted by molar-refractivity contribution is 5.98. The average Bonchev–Trinajstić information content (AvgIpc) is 2.67. The predicted molar refractivity (Wildman–Crippen MR) is 67.2 cm³/mol. The Morgan fingerprint density at radius 3 is 2.76 bits per heavy atom. The van der Waals surface area contributed by atoms with E-state index in [1.807, 2.05) is 45.3 Å². The molecule has 1 heterocycles. The van der Waals surface area contributed by atoms with Crippen LogP contribution in [0, 0.1) is 13.8 Å². The smallest absolute Gasteiger partial charge is 0.167 e. The Balaban J connectivity index is 2.22. The van der Waals surface area contributed by atoms with Crippen LogP contribution >= 0.6 is 0 Å². The van der Waals surface area contributed by atoms with Crippen LogP contribution in [-0.2, 0) is 13.5 Å². The van der Waals surface area contributed by atoms with Gasteiger partial charge in [-0.1, -0.05) is 17.7 Å². The summed E-state index contributed by atoms with van der Waals surface area (Å²) in [4.78, 5) is 12.2. The molecule has 0 bridgehead atoms. The van der Waals surface area contributed by atoms with Crippen molar-refractivity contribution in [2.45, 2.75) is 20.3 Å². The van der Waals surface area contributed by atoms with E-state index < -0.39 is 0 Å². The summed E-state index contributed by atoms with van der Waals surface area (Å²) in [5, 5.41) is 4.07. The Bertz CT molecular complexity index is 555. The molecule has 2 rings (SSSR count). The summed E-state index contributed by atoms with van der Waals surface area (Å²) in [5.74, 6) is 0.152. The first-order valence-corrected chi connectivity index (χ1v) is 5.64. The molecule has 0 saturated heterocycles. The summed E-state index contributed by atoms with van der Waals surface area (Å²) in [6.45, 7) is 3.97. The van der Waals surface area contributed by atoms with Crippen molar-refractivity contribution in [2.24, 2.45) is 7.05 Å². The van der Waals surface area contributed by atoms with Crippen molar-refractivity contribution in [3.63, 3.8) is 0 Å². The van der Waals surface area contributed by atoms with Crippen LogP contribution in [0.25, 0.3) is 0 Å². The van der Waals surface area contributed by atoms with Gasteiger partial charge in [0.05, 0.1) is 6.20 Å². The topological polar surface area (TPSA) is 34.9 Å². The van der Waals surface area contributed by atoms with Gasteiger partial charge in [-0.05, 0) is 31.0 Å². The van der Waals surface area contributed by atoms with E-state index in [0.717, 1.165) is 22.3 Å². The lowest BCUT2D eigenvalue weighted by Gasteiger charge is -2.05. The first kappa shape index (κ1) is 11.6. The third-order valence-electron chi connectivity index (χ3n) is 2.82. The number of carbonyl (C=O) groups excluding carboxylic acids is 1. The van der Waals surface area contributed by atoms with Crippen LogP contribution in [-0.4, -0.2) is 15.6 Å². The Morgan fingerprint density at radius 1 is 1.35 bits per heavy atom. The molecule has 0 radical (unpaired) electrons. The lowest BCUT2D eigenvalue weighted by molar-refractivity contribution is 0.0992. The first-order valence-electron chi connectivity index (χ1n) is 5.64. The summed E-state index contributed by atoms with van der Waals surface area (Å²) in [6, 6.07) is 5.97. The standard InChI is InChI=1S/C14H16N2O/c1-10-4-5-11(2)13(6-10)14(17)7-12-8-15-16(3)9-12/h4-6,8-9H,7H2,1-3H3. The van der Waals surface area contributed by atoms with E-state index in [9.17, 15) is 4.79 Å². The summed E-state index contributed by atoms with van der Waals surface area (Å²) < 4.78 is 1.71. The molecule has 0 aliphatic carbocycles. The average molecular weight is 228 g/mol. The molecule has 0 atom stereocenters. The zero-order valence-electron chi connectivity index (χ0n) is 10.4. The molecular weight excluding hydrogens is 212 g/mol. The zero-order valence-corrected chi connectivity index (χ0v) is 10.4. The third kappa shape index (κ3) is 2.61. The predicted octanol–water partition coefficient (Wildman–Crippen LogP) is 2.46. The lowest BCUT2D eigenvalue weighted by Crippen LogP contribution is -2.05. The van der Waals surface area contributed by atoms with Crippen molar-refractivity contribution >= 4 is 5.78 Å². The van der Waals surface area contributed by atoms with Gasteiger partial charge in [-0.15, -0.1) is 0 Å². The van der Waals surface area contributed by atoms with Gasteiger partial charge in [0, 0.05) is 25.2 Å². The Labute approximate surface area is 101 Å². The fourth-order valence-corrected chi connectivity index (χ4v) is 1.88. The summed E-state index contributed by atoms with van der Waals surface area (Å²) in [6.07, 6.45) is 4.03. The van der Waals surface area contributed by atoms with Gasteiger partial charge in [0.15, 0.2) is 5.78 Å². The monoisotopic (exact) mass is 228 g/mol. The van der Waals surface area contributed by atoms with Crippen LogP contribution in [0.1, 0.15) is 27.0 Å². The van der Waals surface area contributed by atoms with Crippen molar-refractivity contribution < 1.29 is 4.79 Å². The van der Waals surface area contributed by atoms with Gasteiger partial charge >= 0.3 is 0 Å². The van der Waals surface area contributed by atoms with Crippen LogP contribution < -0.4 is 0 Å². The molecular formula is C14H16N2O. The highest BCUT2D eigenvalue weighted by atomic mass is 16.1. The van der Waals surface area contributed by atoms with Gasteiger partial charge in [-0.2, -0.15) is 5.10 Å². The number of rotatable bonds is 3. The molecule has 0 aliphatic rings. The van der Waals surface area contributed by atoms with Crippen molar-refractivity contribution in [3.8, 4) is 0 Å². The number of carbonyl (C=O) groups is 1. The minimum atomic E-state index is 0.152. The maximum atomic E-state index is 12.2. The maximum Gasteiger partial charge on any atom is 0.167 e. The molecule has 88 valence electrons. The quantitative estimate of drug-likeness (QED) is 0.756. The second kappa shape index (κ2) is 4.53. The van der Waals surface area contributed by atoms with Crippen molar-refractivity contribution in [3.05, 3.63) is 52.8 Å². The van der Waals surface area contributed by atoms with Crippen LogP contribution in [0.4, 0.5) is 0 Å². The second-order valence-corrected chi connectivity index (χ2v) is 4.44. The molecule has 0 saturated carbocycles. The van der Waals surface area contributed by atoms with Gasteiger partial charge < -0.3 is 0 Å².